The maximum absolute atomic E-state index is 11.9. The van der Waals surface area contributed by atoms with Gasteiger partial charge in [0.15, 0.2) is 0 Å². The SMILES string of the molecule is CN(C)CC=CC(=O)N1CCCCC1C(N)=O. The highest BCUT2D eigenvalue weighted by molar-refractivity contribution is 5.92. The van der Waals surface area contributed by atoms with Crippen molar-refractivity contribution in [2.24, 2.45) is 5.73 Å². The van der Waals surface area contributed by atoms with Gasteiger partial charge in [-0.3, -0.25) is 9.59 Å². The van der Waals surface area contributed by atoms with Gasteiger partial charge >= 0.3 is 0 Å². The van der Waals surface area contributed by atoms with Crippen LogP contribution < -0.4 is 5.73 Å². The predicted octanol–water partition coefficient (Wildman–Crippen LogP) is -0.0294. The van der Waals surface area contributed by atoms with E-state index < -0.39 is 11.9 Å². The molecule has 0 aliphatic carbocycles. The largest absolute Gasteiger partial charge is 0.368 e. The molecule has 1 aliphatic heterocycles. The summed E-state index contributed by atoms with van der Waals surface area (Å²) in [5, 5.41) is 0. The molecule has 1 rings (SSSR count). The molecule has 0 saturated carbocycles. The maximum Gasteiger partial charge on any atom is 0.246 e. The number of likely N-dealkylation sites (N-methyl/N-ethyl adjacent to an activating group) is 1. The molecule has 0 aromatic rings. The highest BCUT2D eigenvalue weighted by Crippen LogP contribution is 2.17. The molecular weight excluding hydrogens is 218 g/mol. The Balaban J connectivity index is 2.59. The Morgan fingerprint density at radius 3 is 2.71 bits per heavy atom. The molecule has 5 heteroatoms. The summed E-state index contributed by atoms with van der Waals surface area (Å²) in [6.45, 7) is 1.33. The van der Waals surface area contributed by atoms with Crippen molar-refractivity contribution >= 4 is 11.8 Å². The van der Waals surface area contributed by atoms with Crippen LogP contribution in [0, 0.1) is 0 Å². The van der Waals surface area contributed by atoms with Gasteiger partial charge in [0.05, 0.1) is 0 Å². The molecular formula is C12H21N3O2. The molecule has 1 aliphatic rings. The van der Waals surface area contributed by atoms with Gasteiger partial charge in [0, 0.05) is 19.2 Å². The molecule has 17 heavy (non-hydrogen) atoms. The fraction of sp³-hybridized carbons (Fsp3) is 0.667. The number of hydrogen-bond donors (Lipinski definition) is 1. The molecule has 0 radical (unpaired) electrons. The van der Waals surface area contributed by atoms with Crippen LogP contribution >= 0.6 is 0 Å². The van der Waals surface area contributed by atoms with Gasteiger partial charge in [-0.05, 0) is 33.4 Å². The number of hydrogen-bond acceptors (Lipinski definition) is 3. The van der Waals surface area contributed by atoms with E-state index in [2.05, 4.69) is 0 Å². The Bertz CT molecular complexity index is 313. The van der Waals surface area contributed by atoms with Crippen LogP contribution in [0.25, 0.3) is 0 Å². The zero-order chi connectivity index (χ0) is 12.8. The molecule has 0 spiro atoms. The van der Waals surface area contributed by atoms with Crippen molar-refractivity contribution in [1.29, 1.82) is 0 Å². The van der Waals surface area contributed by atoms with E-state index in [1.807, 2.05) is 19.0 Å². The second-order valence-electron chi connectivity index (χ2n) is 4.61. The first-order chi connectivity index (χ1) is 8.02. The van der Waals surface area contributed by atoms with E-state index >= 15 is 0 Å². The van der Waals surface area contributed by atoms with Crippen LogP contribution in [0.15, 0.2) is 12.2 Å². The number of rotatable bonds is 4. The average molecular weight is 239 g/mol. The Morgan fingerprint density at radius 2 is 2.12 bits per heavy atom. The van der Waals surface area contributed by atoms with Crippen LogP contribution in [0.2, 0.25) is 0 Å². The summed E-state index contributed by atoms with van der Waals surface area (Å²) in [5.41, 5.74) is 5.31. The predicted molar refractivity (Wildman–Crippen MR) is 66.2 cm³/mol. The third kappa shape index (κ3) is 4.19. The Morgan fingerprint density at radius 1 is 1.41 bits per heavy atom. The smallest absolute Gasteiger partial charge is 0.246 e. The topological polar surface area (TPSA) is 66.6 Å². The highest BCUT2D eigenvalue weighted by atomic mass is 16.2. The van der Waals surface area contributed by atoms with Crippen LogP contribution in [0.5, 0.6) is 0 Å². The molecule has 0 bridgehead atoms. The van der Waals surface area contributed by atoms with Crippen molar-refractivity contribution < 1.29 is 9.59 Å². The first-order valence-corrected chi connectivity index (χ1v) is 5.93. The summed E-state index contributed by atoms with van der Waals surface area (Å²) in [7, 11) is 3.86. The van der Waals surface area contributed by atoms with E-state index in [1.54, 1.807) is 11.0 Å². The van der Waals surface area contributed by atoms with Crippen LogP contribution in [-0.2, 0) is 9.59 Å². The van der Waals surface area contributed by atoms with E-state index in [0.717, 1.165) is 12.8 Å². The van der Waals surface area contributed by atoms with E-state index in [0.29, 0.717) is 19.5 Å². The Hall–Kier alpha value is -1.36. The van der Waals surface area contributed by atoms with Crippen molar-refractivity contribution in [1.82, 2.24) is 9.80 Å². The number of carbonyl (C=O) groups excluding carboxylic acids is 2. The van der Waals surface area contributed by atoms with Gasteiger partial charge < -0.3 is 15.5 Å². The molecule has 96 valence electrons. The normalized spacial score (nSPS) is 21.1. The van der Waals surface area contributed by atoms with Crippen molar-refractivity contribution in [2.45, 2.75) is 25.3 Å². The van der Waals surface area contributed by atoms with Crippen LogP contribution in [-0.4, -0.2) is 54.8 Å². The summed E-state index contributed by atoms with van der Waals surface area (Å²) < 4.78 is 0. The summed E-state index contributed by atoms with van der Waals surface area (Å²) in [6, 6.07) is -0.430. The minimum atomic E-state index is -0.430. The molecule has 5 nitrogen and oxygen atoms in total. The number of nitrogens with zero attached hydrogens (tertiary/aromatic N) is 2. The van der Waals surface area contributed by atoms with E-state index in [4.69, 9.17) is 5.73 Å². The first kappa shape index (κ1) is 13.7. The average Bonchev–Trinajstić information content (AvgIpc) is 2.28. The van der Waals surface area contributed by atoms with Gasteiger partial charge in [0.2, 0.25) is 11.8 Å². The number of likely N-dealkylation sites (tertiary alicyclic amines) is 1. The molecule has 1 atom stereocenters. The monoisotopic (exact) mass is 239 g/mol. The molecule has 1 saturated heterocycles. The first-order valence-electron chi connectivity index (χ1n) is 5.93. The summed E-state index contributed by atoms with van der Waals surface area (Å²) in [6.07, 6.45) is 5.91. The van der Waals surface area contributed by atoms with Gasteiger partial charge in [0.25, 0.3) is 0 Å². The van der Waals surface area contributed by atoms with E-state index in [9.17, 15) is 9.59 Å². The van der Waals surface area contributed by atoms with Crippen LogP contribution in [0.1, 0.15) is 19.3 Å². The summed E-state index contributed by atoms with van der Waals surface area (Å²) in [5.74, 6) is -0.519. The zero-order valence-electron chi connectivity index (χ0n) is 10.6. The lowest BCUT2D eigenvalue weighted by Gasteiger charge is -2.32. The minimum Gasteiger partial charge on any atom is -0.368 e. The quantitative estimate of drug-likeness (QED) is 0.701. The molecule has 0 aromatic heterocycles. The third-order valence-electron chi connectivity index (χ3n) is 2.85. The van der Waals surface area contributed by atoms with Crippen LogP contribution in [0.4, 0.5) is 0 Å². The lowest BCUT2D eigenvalue weighted by atomic mass is 10.0. The molecule has 2 N–H and O–H groups in total. The molecule has 1 unspecified atom stereocenters. The van der Waals surface area contributed by atoms with E-state index in [1.165, 1.54) is 6.08 Å². The highest BCUT2D eigenvalue weighted by Gasteiger charge is 2.29. The lowest BCUT2D eigenvalue weighted by Crippen LogP contribution is -2.50. The standard InChI is InChI=1S/C12H21N3O2/c1-14(2)8-5-7-11(16)15-9-4-3-6-10(15)12(13)17/h5,7,10H,3-4,6,8-9H2,1-2H3,(H2,13,17). The summed E-state index contributed by atoms with van der Waals surface area (Å²) >= 11 is 0. The minimum absolute atomic E-state index is 0.115. The maximum atomic E-state index is 11.9. The Labute approximate surface area is 102 Å². The second kappa shape index (κ2) is 6.39. The number of primary amides is 1. The van der Waals surface area contributed by atoms with Crippen LogP contribution in [0.3, 0.4) is 0 Å². The van der Waals surface area contributed by atoms with Crippen molar-refractivity contribution in [3.05, 3.63) is 12.2 Å². The number of nitrogens with two attached hydrogens (primary N) is 1. The van der Waals surface area contributed by atoms with Gasteiger partial charge in [-0.1, -0.05) is 6.08 Å². The van der Waals surface area contributed by atoms with E-state index in [-0.39, 0.29) is 5.91 Å². The number of amides is 2. The van der Waals surface area contributed by atoms with Crippen molar-refractivity contribution in [2.75, 3.05) is 27.2 Å². The number of carbonyl (C=O) groups is 2. The molecule has 0 aromatic carbocycles. The summed E-state index contributed by atoms with van der Waals surface area (Å²) in [4.78, 5) is 26.7. The fourth-order valence-electron chi connectivity index (χ4n) is 1.95. The van der Waals surface area contributed by atoms with Gasteiger partial charge in [0.1, 0.15) is 6.04 Å². The van der Waals surface area contributed by atoms with Gasteiger partial charge in [-0.25, -0.2) is 0 Å². The molecule has 1 heterocycles. The number of piperidine rings is 1. The molecule has 2 amide bonds. The van der Waals surface area contributed by atoms with Crippen molar-refractivity contribution in [3.63, 3.8) is 0 Å². The van der Waals surface area contributed by atoms with Crippen molar-refractivity contribution in [3.8, 4) is 0 Å². The lowest BCUT2D eigenvalue weighted by molar-refractivity contribution is -0.137. The molecule has 1 fully saturated rings. The second-order valence-corrected chi connectivity index (χ2v) is 4.61. The zero-order valence-corrected chi connectivity index (χ0v) is 10.6. The fourth-order valence-corrected chi connectivity index (χ4v) is 1.95. The van der Waals surface area contributed by atoms with Gasteiger partial charge in [-0.15, -0.1) is 0 Å². The third-order valence-corrected chi connectivity index (χ3v) is 2.85. The Kier molecular flexibility index (Phi) is 5.15. The van der Waals surface area contributed by atoms with Gasteiger partial charge in [-0.2, -0.15) is 0 Å².